The van der Waals surface area contributed by atoms with Gasteiger partial charge in [-0.1, -0.05) is 24.3 Å². The summed E-state index contributed by atoms with van der Waals surface area (Å²) < 4.78 is 3.94. The molecular weight excluding hydrogens is 396 g/mol. The van der Waals surface area contributed by atoms with Gasteiger partial charge in [0.05, 0.1) is 10.9 Å². The largest absolute Gasteiger partial charge is 0.352 e. The molecule has 0 bridgehead atoms. The summed E-state index contributed by atoms with van der Waals surface area (Å²) in [6.07, 6.45) is 4.50. The number of aryl methyl sites for hydroxylation is 1. The highest BCUT2D eigenvalue weighted by atomic mass is 32.1. The zero-order chi connectivity index (χ0) is 21.1. The van der Waals surface area contributed by atoms with Gasteiger partial charge < -0.3 is 14.9 Å². The number of H-pyrrole nitrogens is 1. The first-order chi connectivity index (χ1) is 14.6. The van der Waals surface area contributed by atoms with E-state index in [4.69, 9.17) is 12.2 Å². The van der Waals surface area contributed by atoms with Crippen LogP contribution in [-0.2, 0) is 13.1 Å². The molecule has 0 atom stereocenters. The third kappa shape index (κ3) is 3.84. The van der Waals surface area contributed by atoms with Crippen molar-refractivity contribution in [2.45, 2.75) is 19.5 Å². The predicted octanol–water partition coefficient (Wildman–Crippen LogP) is 4.02. The first-order valence-corrected chi connectivity index (χ1v) is 10.2. The lowest BCUT2D eigenvalue weighted by Crippen LogP contribution is -2.26. The Kier molecular flexibility index (Phi) is 5.63. The van der Waals surface area contributed by atoms with E-state index in [2.05, 4.69) is 45.8 Å². The van der Waals surface area contributed by atoms with Crippen molar-refractivity contribution in [3.05, 3.63) is 88.1 Å². The molecule has 2 aromatic heterocycles. The van der Waals surface area contributed by atoms with Crippen LogP contribution in [0.4, 0.5) is 0 Å². The Morgan fingerprint density at radius 2 is 2.03 bits per heavy atom. The van der Waals surface area contributed by atoms with Gasteiger partial charge in [-0.05, 0) is 54.4 Å². The summed E-state index contributed by atoms with van der Waals surface area (Å²) >= 11 is 5.26. The van der Waals surface area contributed by atoms with Crippen molar-refractivity contribution in [2.24, 2.45) is 0 Å². The Balaban J connectivity index is 1.43. The van der Waals surface area contributed by atoms with Gasteiger partial charge >= 0.3 is 0 Å². The third-order valence-electron chi connectivity index (χ3n) is 5.10. The molecule has 0 spiro atoms. The number of fused-ring (bicyclic) bond motifs is 2. The number of allylic oxidation sites excluding steroid dienone is 1. The van der Waals surface area contributed by atoms with Gasteiger partial charge in [0.15, 0.2) is 4.77 Å². The van der Waals surface area contributed by atoms with Crippen molar-refractivity contribution in [3.63, 3.8) is 0 Å². The molecule has 0 radical (unpaired) electrons. The Morgan fingerprint density at radius 3 is 2.87 bits per heavy atom. The van der Waals surface area contributed by atoms with E-state index < -0.39 is 0 Å². The molecule has 152 valence electrons. The predicted molar refractivity (Wildman–Crippen MR) is 122 cm³/mol. The molecule has 0 saturated heterocycles. The van der Waals surface area contributed by atoms with Crippen LogP contribution in [-0.4, -0.2) is 26.6 Å². The normalized spacial score (nSPS) is 11.1. The van der Waals surface area contributed by atoms with E-state index in [0.717, 1.165) is 13.0 Å². The van der Waals surface area contributed by atoms with Crippen molar-refractivity contribution in [3.8, 4) is 0 Å². The zero-order valence-corrected chi connectivity index (χ0v) is 17.2. The van der Waals surface area contributed by atoms with Crippen molar-refractivity contribution in [2.75, 3.05) is 6.54 Å². The number of rotatable bonds is 7. The molecule has 4 aromatic rings. The fraction of sp³-hybridized carbons (Fsp3) is 0.174. The van der Waals surface area contributed by atoms with Crippen LogP contribution in [0.2, 0.25) is 0 Å². The van der Waals surface area contributed by atoms with Crippen LogP contribution in [0.3, 0.4) is 0 Å². The summed E-state index contributed by atoms with van der Waals surface area (Å²) in [6, 6.07) is 15.3. The van der Waals surface area contributed by atoms with Crippen molar-refractivity contribution in [1.29, 1.82) is 0 Å². The van der Waals surface area contributed by atoms with Crippen molar-refractivity contribution in [1.82, 2.24) is 19.4 Å². The minimum Gasteiger partial charge on any atom is -0.352 e. The fourth-order valence-corrected chi connectivity index (χ4v) is 3.85. The van der Waals surface area contributed by atoms with Crippen LogP contribution < -0.4 is 10.9 Å². The Morgan fingerprint density at radius 1 is 1.20 bits per heavy atom. The monoisotopic (exact) mass is 418 g/mol. The fourth-order valence-electron chi connectivity index (χ4n) is 3.58. The second-order valence-electron chi connectivity index (χ2n) is 7.07. The quantitative estimate of drug-likeness (QED) is 0.271. The maximum absolute atomic E-state index is 12.6. The average Bonchev–Trinajstić information content (AvgIpc) is 3.17. The van der Waals surface area contributed by atoms with E-state index in [1.165, 1.54) is 15.5 Å². The maximum atomic E-state index is 12.6. The summed E-state index contributed by atoms with van der Waals surface area (Å²) in [7, 11) is 0. The molecule has 30 heavy (non-hydrogen) atoms. The summed E-state index contributed by atoms with van der Waals surface area (Å²) in [4.78, 5) is 28.1. The van der Waals surface area contributed by atoms with Crippen molar-refractivity contribution < 1.29 is 4.79 Å². The standard InChI is InChI=1S/C23H22N4O2S/c1-2-12-27-22(29)18-9-8-17(15-19(18)25-23(27)30)21(28)24-11-5-13-26-14-10-16-6-3-4-7-20(16)26/h2-4,6-10,14-15H,1,5,11-13H2,(H,24,28)(H,25,30). The van der Waals surface area contributed by atoms with Gasteiger partial charge in [0, 0.05) is 36.9 Å². The topological polar surface area (TPSA) is 71.8 Å². The smallest absolute Gasteiger partial charge is 0.262 e. The van der Waals surface area contributed by atoms with Gasteiger partial charge in [-0.2, -0.15) is 0 Å². The SMILES string of the molecule is C=CCn1c(=S)[nH]c2cc(C(=O)NCCCn3ccc4ccccc43)ccc2c1=O. The Labute approximate surface area is 178 Å². The van der Waals surface area contributed by atoms with E-state index in [0.29, 0.717) is 34.3 Å². The first kappa shape index (κ1) is 19.8. The zero-order valence-electron chi connectivity index (χ0n) is 16.4. The van der Waals surface area contributed by atoms with Crippen LogP contribution in [0, 0.1) is 4.77 Å². The van der Waals surface area contributed by atoms with Crippen LogP contribution in [0.25, 0.3) is 21.8 Å². The molecule has 0 fully saturated rings. The first-order valence-electron chi connectivity index (χ1n) is 9.78. The number of carbonyl (C=O) groups excluding carboxylic acids is 1. The van der Waals surface area contributed by atoms with Crippen LogP contribution in [0.1, 0.15) is 16.8 Å². The number of carbonyl (C=O) groups is 1. The molecule has 2 aromatic carbocycles. The number of benzene rings is 2. The summed E-state index contributed by atoms with van der Waals surface area (Å²) in [5, 5.41) is 4.64. The molecule has 0 saturated carbocycles. The van der Waals surface area contributed by atoms with Crippen LogP contribution in [0.15, 0.2) is 72.2 Å². The lowest BCUT2D eigenvalue weighted by molar-refractivity contribution is 0.0953. The molecular formula is C23H22N4O2S. The third-order valence-corrected chi connectivity index (χ3v) is 5.42. The highest BCUT2D eigenvalue weighted by Gasteiger charge is 2.10. The number of hydrogen-bond acceptors (Lipinski definition) is 3. The summed E-state index contributed by atoms with van der Waals surface area (Å²) in [5.74, 6) is -0.177. The molecule has 0 unspecified atom stereocenters. The van der Waals surface area contributed by atoms with E-state index in [9.17, 15) is 9.59 Å². The van der Waals surface area contributed by atoms with Gasteiger partial charge in [0.1, 0.15) is 0 Å². The number of aromatic nitrogens is 3. The molecule has 2 heterocycles. The van der Waals surface area contributed by atoms with E-state index in [-0.39, 0.29) is 11.5 Å². The highest BCUT2D eigenvalue weighted by Crippen LogP contribution is 2.15. The van der Waals surface area contributed by atoms with Gasteiger partial charge in [-0.15, -0.1) is 6.58 Å². The van der Waals surface area contributed by atoms with Crippen LogP contribution in [0.5, 0.6) is 0 Å². The molecule has 0 aliphatic heterocycles. The minimum atomic E-state index is -0.195. The molecule has 7 heteroatoms. The number of nitrogens with one attached hydrogen (secondary N) is 2. The highest BCUT2D eigenvalue weighted by molar-refractivity contribution is 7.71. The van der Waals surface area contributed by atoms with E-state index >= 15 is 0 Å². The lowest BCUT2D eigenvalue weighted by atomic mass is 10.1. The number of aromatic amines is 1. The summed E-state index contributed by atoms with van der Waals surface area (Å²) in [6.45, 7) is 5.36. The van der Waals surface area contributed by atoms with Gasteiger partial charge in [0.2, 0.25) is 0 Å². The van der Waals surface area contributed by atoms with Gasteiger partial charge in [-0.3, -0.25) is 14.2 Å². The van der Waals surface area contributed by atoms with Crippen molar-refractivity contribution >= 4 is 39.9 Å². The number of hydrogen-bond donors (Lipinski definition) is 2. The Hall–Kier alpha value is -3.45. The average molecular weight is 419 g/mol. The van der Waals surface area contributed by atoms with E-state index in [1.54, 1.807) is 24.3 Å². The maximum Gasteiger partial charge on any atom is 0.262 e. The molecule has 2 N–H and O–H groups in total. The summed E-state index contributed by atoms with van der Waals surface area (Å²) in [5.41, 5.74) is 2.03. The molecule has 6 nitrogen and oxygen atoms in total. The number of nitrogens with zero attached hydrogens (tertiary/aromatic N) is 2. The second-order valence-corrected chi connectivity index (χ2v) is 7.46. The van der Waals surface area contributed by atoms with Crippen LogP contribution >= 0.6 is 12.2 Å². The van der Waals surface area contributed by atoms with Gasteiger partial charge in [-0.25, -0.2) is 0 Å². The minimum absolute atomic E-state index is 0.177. The molecule has 0 aliphatic carbocycles. The lowest BCUT2D eigenvalue weighted by Gasteiger charge is -2.09. The number of amides is 1. The molecule has 1 amide bonds. The van der Waals surface area contributed by atoms with E-state index in [1.807, 2.05) is 12.1 Å². The molecule has 4 rings (SSSR count). The second kappa shape index (κ2) is 8.51. The molecule has 0 aliphatic rings. The van der Waals surface area contributed by atoms with Gasteiger partial charge in [0.25, 0.3) is 11.5 Å². The number of para-hydroxylation sites is 1. The Bertz CT molecular complexity index is 1360.